The third-order valence-electron chi connectivity index (χ3n) is 4.94. The second-order valence-electron chi connectivity index (χ2n) is 7.24. The van der Waals surface area contributed by atoms with Crippen molar-refractivity contribution in [3.8, 4) is 5.75 Å². The minimum absolute atomic E-state index is 0.0698. The lowest BCUT2D eigenvalue weighted by molar-refractivity contribution is 0.104. The number of aryl methyl sites for hydroxylation is 1. The number of para-hydroxylation sites is 1. The molecule has 0 atom stereocenters. The highest BCUT2D eigenvalue weighted by molar-refractivity contribution is 6.35. The minimum Gasteiger partial charge on any atom is -0.504 e. The molecule has 0 spiro atoms. The molecule has 1 aliphatic rings. The van der Waals surface area contributed by atoms with Crippen LogP contribution in [0.1, 0.15) is 35.5 Å². The number of anilines is 1. The van der Waals surface area contributed by atoms with E-state index in [1.807, 2.05) is 36.2 Å². The lowest BCUT2D eigenvalue weighted by Crippen LogP contribution is -2.22. The van der Waals surface area contributed by atoms with Crippen LogP contribution >= 0.6 is 0 Å². The number of allylic oxidation sites excluding steroid dienone is 4. The van der Waals surface area contributed by atoms with Crippen molar-refractivity contribution < 1.29 is 22.5 Å². The fourth-order valence-corrected chi connectivity index (χ4v) is 3.61. The van der Waals surface area contributed by atoms with Gasteiger partial charge in [-0.1, -0.05) is 38.1 Å². The van der Waals surface area contributed by atoms with Crippen molar-refractivity contribution in [1.29, 1.82) is 0 Å². The molecule has 0 saturated carbocycles. The normalized spacial score (nSPS) is 16.3. The van der Waals surface area contributed by atoms with Crippen molar-refractivity contribution in [3.63, 3.8) is 0 Å². The molecular weight excluding hydrogens is 379 g/mol. The molecule has 0 fully saturated rings. The number of ketones is 1. The third kappa shape index (κ3) is 3.88. The van der Waals surface area contributed by atoms with Crippen molar-refractivity contribution in [1.82, 2.24) is 0 Å². The number of nitrogens with zero attached hydrogens (tertiary/aromatic N) is 1. The van der Waals surface area contributed by atoms with Gasteiger partial charge in [-0.05, 0) is 30.7 Å². The van der Waals surface area contributed by atoms with Gasteiger partial charge in [0.05, 0.1) is 0 Å². The quantitative estimate of drug-likeness (QED) is 0.426. The van der Waals surface area contributed by atoms with Gasteiger partial charge in [0.15, 0.2) is 5.78 Å². The Bertz CT molecular complexity index is 1070. The van der Waals surface area contributed by atoms with Gasteiger partial charge < -0.3 is 14.0 Å². The summed E-state index contributed by atoms with van der Waals surface area (Å²) < 4.78 is 34.5. The summed E-state index contributed by atoms with van der Waals surface area (Å²) in [5.41, 5.74) is 1.30. The molecule has 0 saturated heterocycles. The average Bonchev–Trinajstić information content (AvgIpc) is 2.81. The maximum absolute atomic E-state index is 12.6. The van der Waals surface area contributed by atoms with Crippen LogP contribution in [-0.2, 0) is 5.41 Å². The molecular formula is C21H20BF2NO4. The number of fused-ring (bicyclic) bond motifs is 1. The number of rotatable bonds is 5. The van der Waals surface area contributed by atoms with Crippen molar-refractivity contribution >= 4 is 18.9 Å². The van der Waals surface area contributed by atoms with E-state index in [1.54, 1.807) is 6.08 Å². The summed E-state index contributed by atoms with van der Waals surface area (Å²) in [5.74, 6) is -1.20. The highest BCUT2D eigenvalue weighted by Crippen LogP contribution is 2.46. The van der Waals surface area contributed by atoms with Crippen LogP contribution in [0.5, 0.6) is 5.75 Å². The average molecular weight is 399 g/mol. The first-order chi connectivity index (χ1) is 13.6. The Hall–Kier alpha value is -3.16. The maximum Gasteiger partial charge on any atom is 0.796 e. The van der Waals surface area contributed by atoms with Gasteiger partial charge >= 0.3 is 13.1 Å². The number of carbonyl (C=O) groups excluding carboxylic acids is 1. The Balaban J connectivity index is 1.92. The summed E-state index contributed by atoms with van der Waals surface area (Å²) in [4.78, 5) is 26.6. The largest absolute Gasteiger partial charge is 0.796 e. The number of carbonyl (C=O) groups is 1. The van der Waals surface area contributed by atoms with Crippen LogP contribution in [0.2, 0.25) is 0 Å². The lowest BCUT2D eigenvalue weighted by atomic mass is 9.84. The molecule has 1 aromatic carbocycles. The summed E-state index contributed by atoms with van der Waals surface area (Å²) in [6, 6.07) is 9.08. The number of likely N-dealkylation sites (N-methyl/N-ethyl adjacent to an activating group) is 1. The first-order valence-corrected chi connectivity index (χ1v) is 8.99. The second kappa shape index (κ2) is 7.70. The van der Waals surface area contributed by atoms with Crippen LogP contribution in [0.15, 0.2) is 63.5 Å². The monoisotopic (exact) mass is 399 g/mol. The molecule has 150 valence electrons. The summed E-state index contributed by atoms with van der Waals surface area (Å²) in [6.07, 6.45) is 4.40. The van der Waals surface area contributed by atoms with Gasteiger partial charge in [0, 0.05) is 29.9 Å². The van der Waals surface area contributed by atoms with Gasteiger partial charge in [0.2, 0.25) is 0 Å². The zero-order valence-electron chi connectivity index (χ0n) is 16.5. The standard InChI is InChI=1S/C21H20BF2NO4/c1-13-12-17(29-22(23)24)19(20(27)28-13)16(26)10-7-11-18-21(2,3)14-8-5-6-9-15(14)25(18)4/h5-12H,1-4H3/b10-7+,18-11-. The highest BCUT2D eigenvalue weighted by Gasteiger charge is 2.37. The minimum atomic E-state index is -3.17. The Morgan fingerprint density at radius 2 is 1.97 bits per heavy atom. The van der Waals surface area contributed by atoms with E-state index in [9.17, 15) is 18.2 Å². The molecule has 1 aromatic heterocycles. The molecule has 5 nitrogen and oxygen atoms in total. The second-order valence-corrected chi connectivity index (χ2v) is 7.24. The molecule has 2 heterocycles. The number of hydrogen-bond donors (Lipinski definition) is 0. The van der Waals surface area contributed by atoms with Gasteiger partial charge in [-0.2, -0.15) is 0 Å². The Labute approximate surface area is 167 Å². The van der Waals surface area contributed by atoms with Crippen LogP contribution in [-0.4, -0.2) is 20.3 Å². The van der Waals surface area contributed by atoms with Crippen molar-refractivity contribution in [2.45, 2.75) is 26.2 Å². The lowest BCUT2D eigenvalue weighted by Gasteiger charge is -2.23. The summed E-state index contributed by atoms with van der Waals surface area (Å²) in [7, 11) is -1.24. The van der Waals surface area contributed by atoms with Gasteiger partial charge in [-0.25, -0.2) is 13.4 Å². The molecule has 1 aliphatic heterocycles. The molecule has 0 N–H and O–H groups in total. The van der Waals surface area contributed by atoms with Crippen LogP contribution in [0.25, 0.3) is 0 Å². The Morgan fingerprint density at radius 1 is 1.28 bits per heavy atom. The zero-order valence-corrected chi connectivity index (χ0v) is 16.5. The number of benzene rings is 1. The molecule has 29 heavy (non-hydrogen) atoms. The third-order valence-corrected chi connectivity index (χ3v) is 4.94. The molecule has 3 rings (SSSR count). The Kier molecular flexibility index (Phi) is 5.46. The van der Waals surface area contributed by atoms with Crippen LogP contribution in [0.3, 0.4) is 0 Å². The van der Waals surface area contributed by atoms with Crippen molar-refractivity contribution in [2.75, 3.05) is 11.9 Å². The van der Waals surface area contributed by atoms with Gasteiger partial charge in [-0.15, -0.1) is 0 Å². The molecule has 2 aromatic rings. The molecule has 0 unspecified atom stereocenters. The molecule has 0 amide bonds. The van der Waals surface area contributed by atoms with Crippen molar-refractivity contribution in [2.24, 2.45) is 0 Å². The zero-order chi connectivity index (χ0) is 21.3. The highest BCUT2D eigenvalue weighted by atomic mass is 19.2. The van der Waals surface area contributed by atoms with Crippen LogP contribution < -0.4 is 15.2 Å². The maximum atomic E-state index is 12.6. The molecule has 0 radical (unpaired) electrons. The van der Waals surface area contributed by atoms with Crippen molar-refractivity contribution in [3.05, 3.63) is 81.6 Å². The van der Waals surface area contributed by atoms with Crippen LogP contribution in [0.4, 0.5) is 14.3 Å². The van der Waals surface area contributed by atoms with Crippen LogP contribution in [0, 0.1) is 6.92 Å². The smallest absolute Gasteiger partial charge is 0.504 e. The van der Waals surface area contributed by atoms with E-state index >= 15 is 0 Å². The number of halogens is 2. The van der Waals surface area contributed by atoms with E-state index in [0.29, 0.717) is 0 Å². The summed E-state index contributed by atoms with van der Waals surface area (Å²) >= 11 is 0. The summed E-state index contributed by atoms with van der Waals surface area (Å²) in [6.45, 7) is 5.55. The van der Waals surface area contributed by atoms with Gasteiger partial charge in [-0.3, -0.25) is 4.79 Å². The fourth-order valence-electron chi connectivity index (χ4n) is 3.61. The van der Waals surface area contributed by atoms with E-state index in [2.05, 4.69) is 18.5 Å². The molecule has 0 aliphatic carbocycles. The predicted octanol–water partition coefficient (Wildman–Crippen LogP) is 4.30. The topological polar surface area (TPSA) is 59.8 Å². The predicted molar refractivity (Wildman–Crippen MR) is 108 cm³/mol. The van der Waals surface area contributed by atoms with E-state index in [-0.39, 0.29) is 11.2 Å². The first kappa shape index (κ1) is 20.6. The van der Waals surface area contributed by atoms with Gasteiger partial charge in [0.1, 0.15) is 17.1 Å². The van der Waals surface area contributed by atoms with E-state index in [1.165, 1.54) is 13.0 Å². The molecule has 8 heteroatoms. The van der Waals surface area contributed by atoms with E-state index < -0.39 is 30.2 Å². The summed E-state index contributed by atoms with van der Waals surface area (Å²) in [5, 5.41) is 0. The Morgan fingerprint density at radius 3 is 2.62 bits per heavy atom. The van der Waals surface area contributed by atoms with E-state index in [0.717, 1.165) is 29.1 Å². The van der Waals surface area contributed by atoms with E-state index in [4.69, 9.17) is 4.42 Å². The number of hydrogen-bond acceptors (Lipinski definition) is 5. The molecule has 0 bridgehead atoms. The SMILES string of the molecule is Cc1cc(OB(F)F)c(C(=O)/C=C/C=C2\N(C)c3ccccc3C2(C)C)c(=O)o1. The fraction of sp³-hybridized carbons (Fsp3) is 0.238. The first-order valence-electron chi connectivity index (χ1n) is 8.99. The van der Waals surface area contributed by atoms with Gasteiger partial charge in [0.25, 0.3) is 0 Å².